The molecule has 21 heavy (non-hydrogen) atoms. The van der Waals surface area contributed by atoms with E-state index in [1.165, 1.54) is 0 Å². The van der Waals surface area contributed by atoms with Gasteiger partial charge in [0.05, 0.1) is 14.2 Å². The minimum Gasteiger partial charge on any atom is -0.481 e. The van der Waals surface area contributed by atoms with Crippen molar-refractivity contribution in [3.8, 4) is 11.6 Å². The highest BCUT2D eigenvalue weighted by atomic mass is 19.4. The van der Waals surface area contributed by atoms with Crippen molar-refractivity contribution in [2.45, 2.75) is 12.5 Å². The molecule has 0 aromatic carbocycles. The van der Waals surface area contributed by atoms with Crippen LogP contribution in [-0.4, -0.2) is 31.5 Å². The summed E-state index contributed by atoms with van der Waals surface area (Å²) < 4.78 is 86.9. The van der Waals surface area contributed by atoms with E-state index >= 15 is 0 Å². The van der Waals surface area contributed by atoms with Crippen LogP contribution in [0.1, 0.15) is 16.1 Å². The average Bonchev–Trinajstić information content (AvgIpc) is 2.34. The highest BCUT2D eigenvalue weighted by Gasteiger charge is 2.43. The first-order valence-electron chi connectivity index (χ1n) is 5.00. The van der Waals surface area contributed by atoms with Gasteiger partial charge in [0.15, 0.2) is 11.4 Å². The third-order valence-electron chi connectivity index (χ3n) is 2.06. The van der Waals surface area contributed by atoms with Crippen molar-refractivity contribution < 1.29 is 45.3 Å². The van der Waals surface area contributed by atoms with E-state index < -0.39 is 41.4 Å². The summed E-state index contributed by atoms with van der Waals surface area (Å²) in [4.78, 5) is 14.5. The van der Waals surface area contributed by atoms with E-state index in [4.69, 9.17) is 0 Å². The molecule has 1 heterocycles. The van der Waals surface area contributed by atoms with Gasteiger partial charge in [0.25, 0.3) is 0 Å². The molecule has 0 radical (unpaired) electrons. The Morgan fingerprint density at radius 1 is 1.14 bits per heavy atom. The fourth-order valence-electron chi connectivity index (χ4n) is 1.28. The number of hydrogen-bond acceptors (Lipinski definition) is 5. The van der Waals surface area contributed by atoms with Gasteiger partial charge in [-0.3, -0.25) is 0 Å². The molecule has 0 aliphatic heterocycles. The van der Waals surface area contributed by atoms with Crippen molar-refractivity contribution in [1.82, 2.24) is 4.98 Å². The van der Waals surface area contributed by atoms with Crippen molar-refractivity contribution >= 4 is 5.97 Å². The van der Waals surface area contributed by atoms with Crippen LogP contribution in [0.3, 0.4) is 0 Å². The second-order valence-electron chi connectivity index (χ2n) is 3.43. The molecule has 1 aromatic rings. The first-order chi connectivity index (χ1) is 9.49. The number of rotatable bonds is 3. The van der Waals surface area contributed by atoms with Crippen LogP contribution < -0.4 is 9.47 Å². The third-order valence-corrected chi connectivity index (χ3v) is 2.06. The van der Waals surface area contributed by atoms with E-state index in [0.717, 1.165) is 14.2 Å². The number of pyridine rings is 1. The van der Waals surface area contributed by atoms with Gasteiger partial charge in [-0.15, -0.1) is 13.2 Å². The number of alkyl halides is 6. The van der Waals surface area contributed by atoms with Gasteiger partial charge in [-0.1, -0.05) is 0 Å². The molecule has 118 valence electrons. The minimum atomic E-state index is -5.46. The Morgan fingerprint density at radius 2 is 1.71 bits per heavy atom. The molecule has 0 bridgehead atoms. The summed E-state index contributed by atoms with van der Waals surface area (Å²) in [5.74, 6) is -4.07. The number of hydrogen-bond donors (Lipinski definition) is 0. The molecule has 0 fully saturated rings. The third kappa shape index (κ3) is 4.13. The lowest BCUT2D eigenvalue weighted by Crippen LogP contribution is -2.23. The number of carbonyl (C=O) groups is 1. The van der Waals surface area contributed by atoms with Crippen LogP contribution in [0.15, 0.2) is 6.07 Å². The highest BCUT2D eigenvalue weighted by Crippen LogP contribution is 2.41. The topological polar surface area (TPSA) is 57.7 Å². The normalized spacial score (nSPS) is 12.0. The Labute approximate surface area is 113 Å². The maximum absolute atomic E-state index is 12.8. The van der Waals surface area contributed by atoms with Gasteiger partial charge in [-0.2, -0.15) is 13.2 Å². The lowest BCUT2D eigenvalue weighted by atomic mass is 10.2. The van der Waals surface area contributed by atoms with Crippen molar-refractivity contribution in [3.05, 3.63) is 17.3 Å². The Balaban J connectivity index is 3.63. The van der Waals surface area contributed by atoms with Crippen molar-refractivity contribution in [2.24, 2.45) is 0 Å². The van der Waals surface area contributed by atoms with Crippen molar-refractivity contribution in [2.75, 3.05) is 14.2 Å². The summed E-state index contributed by atoms with van der Waals surface area (Å²) in [7, 11) is 1.68. The molecule has 0 N–H and O–H groups in total. The standard InChI is InChI=1S/C10H7F6NO4/c1-19-5-3-4(9(11,12)13)7(21-10(14,15)16)6(17-5)8(18)20-2/h3H,1-2H3. The first-order valence-corrected chi connectivity index (χ1v) is 5.00. The maximum atomic E-state index is 12.8. The quantitative estimate of drug-likeness (QED) is 0.633. The van der Waals surface area contributed by atoms with Crippen LogP contribution in [0.4, 0.5) is 26.3 Å². The van der Waals surface area contributed by atoms with Gasteiger partial charge in [0.2, 0.25) is 5.88 Å². The zero-order valence-corrected chi connectivity index (χ0v) is 10.4. The van der Waals surface area contributed by atoms with Crippen LogP contribution in [0, 0.1) is 0 Å². The number of halogens is 6. The van der Waals surface area contributed by atoms with Crippen molar-refractivity contribution in [1.29, 1.82) is 0 Å². The molecular weight excluding hydrogens is 312 g/mol. The number of ether oxygens (including phenoxy) is 3. The molecule has 0 unspecified atom stereocenters. The van der Waals surface area contributed by atoms with Crippen LogP contribution >= 0.6 is 0 Å². The van der Waals surface area contributed by atoms with E-state index in [2.05, 4.69) is 19.2 Å². The van der Waals surface area contributed by atoms with E-state index in [-0.39, 0.29) is 6.07 Å². The Bertz CT molecular complexity index is 540. The van der Waals surface area contributed by atoms with Crippen LogP contribution in [-0.2, 0) is 10.9 Å². The Morgan fingerprint density at radius 3 is 2.10 bits per heavy atom. The molecule has 1 aromatic heterocycles. The molecule has 1 rings (SSSR count). The number of carbonyl (C=O) groups excluding carboxylic acids is 1. The predicted molar refractivity (Wildman–Crippen MR) is 53.8 cm³/mol. The zero-order chi connectivity index (χ0) is 16.4. The molecule has 5 nitrogen and oxygen atoms in total. The van der Waals surface area contributed by atoms with Gasteiger partial charge >= 0.3 is 18.5 Å². The van der Waals surface area contributed by atoms with Crippen molar-refractivity contribution in [3.63, 3.8) is 0 Å². The summed E-state index contributed by atoms with van der Waals surface area (Å²) >= 11 is 0. The molecular formula is C10H7F6NO4. The van der Waals surface area contributed by atoms with Gasteiger partial charge < -0.3 is 14.2 Å². The number of methoxy groups -OCH3 is 2. The molecule has 0 spiro atoms. The highest BCUT2D eigenvalue weighted by molar-refractivity contribution is 5.91. The Hall–Kier alpha value is -2.20. The van der Waals surface area contributed by atoms with Crippen LogP contribution in [0.25, 0.3) is 0 Å². The predicted octanol–water partition coefficient (Wildman–Crippen LogP) is 2.79. The van der Waals surface area contributed by atoms with Gasteiger partial charge in [0, 0.05) is 6.07 Å². The van der Waals surface area contributed by atoms with E-state index in [1.54, 1.807) is 0 Å². The molecule has 0 atom stereocenters. The number of aromatic nitrogens is 1. The fourth-order valence-corrected chi connectivity index (χ4v) is 1.28. The summed E-state index contributed by atoms with van der Waals surface area (Å²) in [5.41, 5.74) is -3.17. The van der Waals surface area contributed by atoms with Gasteiger partial charge in [-0.05, 0) is 0 Å². The van der Waals surface area contributed by atoms with Crippen LogP contribution in [0.2, 0.25) is 0 Å². The maximum Gasteiger partial charge on any atom is 0.573 e. The molecule has 0 amide bonds. The van der Waals surface area contributed by atoms with E-state index in [9.17, 15) is 31.1 Å². The number of esters is 1. The van der Waals surface area contributed by atoms with Crippen LogP contribution in [0.5, 0.6) is 11.6 Å². The van der Waals surface area contributed by atoms with Gasteiger partial charge in [-0.25, -0.2) is 9.78 Å². The number of nitrogens with zero attached hydrogens (tertiary/aromatic N) is 1. The smallest absolute Gasteiger partial charge is 0.481 e. The van der Waals surface area contributed by atoms with Gasteiger partial charge in [0.1, 0.15) is 5.56 Å². The second-order valence-corrected chi connectivity index (χ2v) is 3.43. The zero-order valence-electron chi connectivity index (χ0n) is 10.4. The lowest BCUT2D eigenvalue weighted by molar-refractivity contribution is -0.276. The second kappa shape index (κ2) is 5.66. The molecule has 0 saturated carbocycles. The first kappa shape index (κ1) is 16.9. The summed E-state index contributed by atoms with van der Waals surface area (Å²) in [6.07, 6.45) is -10.7. The largest absolute Gasteiger partial charge is 0.573 e. The molecule has 11 heteroatoms. The van der Waals surface area contributed by atoms with E-state index in [0.29, 0.717) is 0 Å². The summed E-state index contributed by atoms with van der Waals surface area (Å²) in [6.45, 7) is 0. The van der Waals surface area contributed by atoms with E-state index in [1.807, 2.05) is 0 Å². The monoisotopic (exact) mass is 319 g/mol. The molecule has 0 aliphatic rings. The fraction of sp³-hybridized carbons (Fsp3) is 0.400. The average molecular weight is 319 g/mol. The summed E-state index contributed by atoms with van der Waals surface area (Å²) in [6, 6.07) is 0.174. The summed E-state index contributed by atoms with van der Waals surface area (Å²) in [5, 5.41) is 0. The SMILES string of the molecule is COC(=O)c1nc(OC)cc(C(F)(F)F)c1OC(F)(F)F. The molecule has 0 saturated heterocycles. The Kier molecular flexibility index (Phi) is 4.54. The lowest BCUT2D eigenvalue weighted by Gasteiger charge is -2.18. The minimum absolute atomic E-state index is 0.174. The molecule has 0 aliphatic carbocycles.